The number of nitrogens with zero attached hydrogens (tertiary/aromatic N) is 1. The van der Waals surface area contributed by atoms with Crippen LogP contribution in [0.15, 0.2) is 0 Å². The third-order valence-corrected chi connectivity index (χ3v) is 2.75. The number of rotatable bonds is 5. The van der Waals surface area contributed by atoms with E-state index in [9.17, 15) is 4.79 Å². The molecule has 0 aromatic carbocycles. The summed E-state index contributed by atoms with van der Waals surface area (Å²) in [6.45, 7) is 2.07. The van der Waals surface area contributed by atoms with Crippen molar-refractivity contribution >= 4 is 6.09 Å². The SMILES string of the molecule is COCOCC1(CN)CCN(C(=O)O)C1. The second-order valence-corrected chi connectivity index (χ2v) is 3.91. The van der Waals surface area contributed by atoms with Gasteiger partial charge in [0.1, 0.15) is 6.79 Å². The second-order valence-electron chi connectivity index (χ2n) is 3.91. The number of likely N-dealkylation sites (tertiary alicyclic amines) is 1. The van der Waals surface area contributed by atoms with Gasteiger partial charge in [-0.3, -0.25) is 0 Å². The quantitative estimate of drug-likeness (QED) is 0.498. The van der Waals surface area contributed by atoms with Crippen molar-refractivity contribution in [3.05, 3.63) is 0 Å². The largest absolute Gasteiger partial charge is 0.465 e. The van der Waals surface area contributed by atoms with E-state index in [4.69, 9.17) is 20.3 Å². The zero-order valence-electron chi connectivity index (χ0n) is 8.94. The van der Waals surface area contributed by atoms with Crippen molar-refractivity contribution < 1.29 is 19.4 Å². The Labute approximate surface area is 88.9 Å². The van der Waals surface area contributed by atoms with Gasteiger partial charge in [0.2, 0.25) is 0 Å². The second kappa shape index (κ2) is 5.29. The van der Waals surface area contributed by atoms with Gasteiger partial charge in [0.05, 0.1) is 6.61 Å². The molecule has 1 amide bonds. The van der Waals surface area contributed by atoms with E-state index < -0.39 is 6.09 Å². The molecule has 1 heterocycles. The molecule has 0 aliphatic carbocycles. The fourth-order valence-electron chi connectivity index (χ4n) is 1.78. The minimum absolute atomic E-state index is 0.217. The summed E-state index contributed by atoms with van der Waals surface area (Å²) in [4.78, 5) is 12.1. The van der Waals surface area contributed by atoms with E-state index in [0.717, 1.165) is 6.42 Å². The predicted molar refractivity (Wildman–Crippen MR) is 53.5 cm³/mol. The third-order valence-electron chi connectivity index (χ3n) is 2.75. The maximum absolute atomic E-state index is 10.8. The Morgan fingerprint density at radius 1 is 1.67 bits per heavy atom. The lowest BCUT2D eigenvalue weighted by atomic mass is 9.88. The number of hydrogen-bond donors (Lipinski definition) is 2. The van der Waals surface area contributed by atoms with Crippen molar-refractivity contribution in [2.24, 2.45) is 11.1 Å². The minimum Gasteiger partial charge on any atom is -0.465 e. The standard InChI is InChI=1S/C9H18N2O4/c1-14-7-15-6-9(4-10)2-3-11(5-9)8(12)13/h2-7,10H2,1H3,(H,12,13). The molecule has 0 bridgehead atoms. The van der Waals surface area contributed by atoms with Crippen molar-refractivity contribution in [2.45, 2.75) is 6.42 Å². The van der Waals surface area contributed by atoms with E-state index in [1.54, 1.807) is 7.11 Å². The van der Waals surface area contributed by atoms with E-state index in [0.29, 0.717) is 26.2 Å². The molecule has 0 saturated carbocycles. The molecule has 0 aromatic rings. The number of nitrogens with two attached hydrogens (primary N) is 1. The summed E-state index contributed by atoms with van der Waals surface area (Å²) in [5.74, 6) is 0. The first-order chi connectivity index (χ1) is 7.13. The lowest BCUT2D eigenvalue weighted by Crippen LogP contribution is -2.39. The molecule has 1 aliphatic rings. The van der Waals surface area contributed by atoms with E-state index >= 15 is 0 Å². The highest BCUT2D eigenvalue weighted by molar-refractivity contribution is 5.65. The molecule has 1 aliphatic heterocycles. The molecule has 1 fully saturated rings. The highest BCUT2D eigenvalue weighted by Crippen LogP contribution is 2.29. The zero-order chi connectivity index (χ0) is 11.3. The molecule has 0 spiro atoms. The molecular formula is C9H18N2O4. The molecule has 6 heteroatoms. The monoisotopic (exact) mass is 218 g/mol. The Bertz CT molecular complexity index is 224. The first kappa shape index (κ1) is 12.2. The molecule has 1 unspecified atom stereocenters. The van der Waals surface area contributed by atoms with E-state index in [-0.39, 0.29) is 12.2 Å². The minimum atomic E-state index is -0.892. The van der Waals surface area contributed by atoms with E-state index in [1.165, 1.54) is 4.90 Å². The maximum atomic E-state index is 10.8. The van der Waals surface area contributed by atoms with Crippen LogP contribution in [-0.4, -0.2) is 56.2 Å². The molecule has 0 aromatic heterocycles. The fourth-order valence-corrected chi connectivity index (χ4v) is 1.78. The highest BCUT2D eigenvalue weighted by atomic mass is 16.7. The average molecular weight is 218 g/mol. The summed E-state index contributed by atoms with van der Waals surface area (Å²) in [5.41, 5.74) is 5.43. The summed E-state index contributed by atoms with van der Waals surface area (Å²) in [6, 6.07) is 0. The number of carboxylic acid groups (broad SMARTS) is 1. The Morgan fingerprint density at radius 3 is 2.87 bits per heavy atom. The van der Waals surface area contributed by atoms with Crippen LogP contribution >= 0.6 is 0 Å². The summed E-state index contributed by atoms with van der Waals surface area (Å²) < 4.78 is 10.0. The lowest BCUT2D eigenvalue weighted by molar-refractivity contribution is -0.0606. The Kier molecular flexibility index (Phi) is 4.31. The summed E-state index contributed by atoms with van der Waals surface area (Å²) in [7, 11) is 1.55. The van der Waals surface area contributed by atoms with Crippen LogP contribution in [0.4, 0.5) is 4.79 Å². The number of carbonyl (C=O) groups is 1. The molecule has 6 nitrogen and oxygen atoms in total. The molecule has 1 rings (SSSR count). The van der Waals surface area contributed by atoms with Crippen LogP contribution in [0.25, 0.3) is 0 Å². The normalized spacial score (nSPS) is 25.9. The van der Waals surface area contributed by atoms with Crippen molar-refractivity contribution in [1.82, 2.24) is 4.90 Å². The van der Waals surface area contributed by atoms with Gasteiger partial charge in [-0.05, 0) is 6.42 Å². The highest BCUT2D eigenvalue weighted by Gasteiger charge is 2.39. The first-order valence-corrected chi connectivity index (χ1v) is 4.88. The van der Waals surface area contributed by atoms with Crippen LogP contribution in [0.3, 0.4) is 0 Å². The van der Waals surface area contributed by atoms with Crippen molar-refractivity contribution in [3.8, 4) is 0 Å². The van der Waals surface area contributed by atoms with Crippen LogP contribution in [0.5, 0.6) is 0 Å². The van der Waals surface area contributed by atoms with Gasteiger partial charge in [0.15, 0.2) is 0 Å². The molecule has 1 saturated heterocycles. The fraction of sp³-hybridized carbons (Fsp3) is 0.889. The Balaban J connectivity index is 2.45. The van der Waals surface area contributed by atoms with E-state index in [2.05, 4.69) is 0 Å². The predicted octanol–water partition coefficient (Wildman–Crippen LogP) is -0.0643. The molecule has 3 N–H and O–H groups in total. The van der Waals surface area contributed by atoms with Gasteiger partial charge in [0.25, 0.3) is 0 Å². The van der Waals surface area contributed by atoms with Gasteiger partial charge in [-0.25, -0.2) is 4.79 Å². The molecule has 88 valence electrons. The van der Waals surface area contributed by atoms with Gasteiger partial charge in [-0.1, -0.05) is 0 Å². The number of hydrogen-bond acceptors (Lipinski definition) is 4. The zero-order valence-corrected chi connectivity index (χ0v) is 8.94. The smallest absolute Gasteiger partial charge is 0.407 e. The number of methoxy groups -OCH3 is 1. The van der Waals surface area contributed by atoms with Crippen molar-refractivity contribution in [1.29, 1.82) is 0 Å². The molecule has 0 radical (unpaired) electrons. The third kappa shape index (κ3) is 3.05. The van der Waals surface area contributed by atoms with Gasteiger partial charge >= 0.3 is 6.09 Å². The van der Waals surface area contributed by atoms with Crippen LogP contribution in [-0.2, 0) is 9.47 Å². The van der Waals surface area contributed by atoms with Gasteiger partial charge in [-0.15, -0.1) is 0 Å². The van der Waals surface area contributed by atoms with Crippen LogP contribution < -0.4 is 5.73 Å². The first-order valence-electron chi connectivity index (χ1n) is 4.88. The van der Waals surface area contributed by atoms with Crippen LogP contribution in [0.2, 0.25) is 0 Å². The molecule has 1 atom stereocenters. The maximum Gasteiger partial charge on any atom is 0.407 e. The van der Waals surface area contributed by atoms with Crippen LogP contribution in [0.1, 0.15) is 6.42 Å². The van der Waals surface area contributed by atoms with Gasteiger partial charge in [-0.2, -0.15) is 0 Å². The lowest BCUT2D eigenvalue weighted by Gasteiger charge is -2.26. The Hall–Kier alpha value is -0.850. The number of ether oxygens (including phenoxy) is 2. The number of amides is 1. The van der Waals surface area contributed by atoms with Crippen molar-refractivity contribution in [3.63, 3.8) is 0 Å². The van der Waals surface area contributed by atoms with Crippen molar-refractivity contribution in [2.75, 3.05) is 40.1 Å². The average Bonchev–Trinajstić information content (AvgIpc) is 2.64. The van der Waals surface area contributed by atoms with Crippen LogP contribution in [0, 0.1) is 5.41 Å². The summed E-state index contributed by atoms with van der Waals surface area (Å²) in [5, 5.41) is 8.83. The summed E-state index contributed by atoms with van der Waals surface area (Å²) >= 11 is 0. The molecule has 15 heavy (non-hydrogen) atoms. The molecular weight excluding hydrogens is 200 g/mol. The van der Waals surface area contributed by atoms with Gasteiger partial charge in [0, 0.05) is 32.2 Å². The van der Waals surface area contributed by atoms with Gasteiger partial charge < -0.3 is 25.2 Å². The van der Waals surface area contributed by atoms with E-state index in [1.807, 2.05) is 0 Å². The topological polar surface area (TPSA) is 85.0 Å². The Morgan fingerprint density at radius 2 is 2.40 bits per heavy atom. The summed E-state index contributed by atoms with van der Waals surface area (Å²) in [6.07, 6.45) is -0.142.